The van der Waals surface area contributed by atoms with Crippen LogP contribution in [0.25, 0.3) is 22.0 Å². The van der Waals surface area contributed by atoms with Gasteiger partial charge in [-0.1, -0.05) is 13.0 Å². The van der Waals surface area contributed by atoms with Crippen molar-refractivity contribution < 1.29 is 9.47 Å². The highest BCUT2D eigenvalue weighted by atomic mass is 16.5. The molecule has 0 radical (unpaired) electrons. The van der Waals surface area contributed by atoms with E-state index in [0.29, 0.717) is 30.4 Å². The molecule has 170 valence electrons. The lowest BCUT2D eigenvalue weighted by molar-refractivity contribution is 0.0491. The van der Waals surface area contributed by atoms with E-state index in [2.05, 4.69) is 34.5 Å². The van der Waals surface area contributed by atoms with E-state index in [1.807, 2.05) is 30.2 Å². The van der Waals surface area contributed by atoms with Gasteiger partial charge in [0.1, 0.15) is 0 Å². The zero-order valence-corrected chi connectivity index (χ0v) is 19.1. The van der Waals surface area contributed by atoms with Gasteiger partial charge in [0.2, 0.25) is 11.8 Å². The topological polar surface area (TPSA) is 74.1 Å². The Kier molecular flexibility index (Phi) is 6.26. The monoisotopic (exact) mass is 435 g/mol. The number of hydrogen-bond donors (Lipinski definition) is 1. The molecule has 1 aliphatic heterocycles. The second-order valence-corrected chi connectivity index (χ2v) is 9.46. The number of ether oxygens (including phenoxy) is 2. The summed E-state index contributed by atoms with van der Waals surface area (Å²) < 4.78 is 13.7. The van der Waals surface area contributed by atoms with E-state index in [-0.39, 0.29) is 0 Å². The predicted octanol–water partition coefficient (Wildman–Crippen LogP) is 4.83. The minimum absolute atomic E-state index is 0.437. The second kappa shape index (κ2) is 9.45. The third-order valence-corrected chi connectivity index (χ3v) is 6.83. The second-order valence-electron chi connectivity index (χ2n) is 9.46. The van der Waals surface area contributed by atoms with Crippen LogP contribution in [0.3, 0.4) is 0 Å². The Balaban J connectivity index is 1.40. The molecule has 7 heteroatoms. The highest BCUT2D eigenvalue weighted by Gasteiger charge is 2.21. The minimum Gasteiger partial charge on any atom is -0.477 e. The van der Waals surface area contributed by atoms with Crippen molar-refractivity contribution in [1.82, 2.24) is 19.7 Å². The fourth-order valence-electron chi connectivity index (χ4n) is 4.76. The third-order valence-electron chi connectivity index (χ3n) is 6.83. The lowest BCUT2D eigenvalue weighted by Crippen LogP contribution is -2.26. The number of rotatable bonds is 6. The summed E-state index contributed by atoms with van der Waals surface area (Å²) in [4.78, 5) is 9.50. The van der Waals surface area contributed by atoms with E-state index < -0.39 is 0 Å². The van der Waals surface area contributed by atoms with Gasteiger partial charge in [-0.05, 0) is 68.1 Å². The summed E-state index contributed by atoms with van der Waals surface area (Å²) in [5, 5.41) is 9.14. The number of nitrogens with one attached hydrogen (secondary N) is 1. The van der Waals surface area contributed by atoms with Crippen LogP contribution in [0.5, 0.6) is 5.88 Å². The molecule has 0 atom stereocenters. The zero-order valence-electron chi connectivity index (χ0n) is 19.1. The van der Waals surface area contributed by atoms with Gasteiger partial charge in [0.25, 0.3) is 0 Å². The molecule has 1 saturated carbocycles. The SMILES string of the molecule is CC1CCC(Nc2ncc(-c3ccc4nn(C)cc4c3)c(OCC3CCOCC3)n2)CC1. The number of aromatic nitrogens is 4. The molecule has 0 unspecified atom stereocenters. The maximum atomic E-state index is 6.33. The summed E-state index contributed by atoms with van der Waals surface area (Å²) in [6.07, 6.45) is 10.9. The van der Waals surface area contributed by atoms with Crippen LogP contribution in [-0.4, -0.2) is 45.6 Å². The molecule has 1 aromatic carbocycles. The van der Waals surface area contributed by atoms with E-state index in [1.165, 1.54) is 25.7 Å². The summed E-state index contributed by atoms with van der Waals surface area (Å²) in [7, 11) is 1.94. The predicted molar refractivity (Wildman–Crippen MR) is 126 cm³/mol. The van der Waals surface area contributed by atoms with E-state index in [9.17, 15) is 0 Å². The van der Waals surface area contributed by atoms with Crippen LogP contribution < -0.4 is 10.1 Å². The minimum atomic E-state index is 0.437. The van der Waals surface area contributed by atoms with E-state index >= 15 is 0 Å². The van der Waals surface area contributed by atoms with Gasteiger partial charge in [0, 0.05) is 44.1 Å². The van der Waals surface area contributed by atoms with Crippen molar-refractivity contribution in [2.45, 2.75) is 51.5 Å². The number of nitrogens with zero attached hydrogens (tertiary/aromatic N) is 4. The van der Waals surface area contributed by atoms with Crippen molar-refractivity contribution in [1.29, 1.82) is 0 Å². The smallest absolute Gasteiger partial charge is 0.226 e. The molecule has 2 aliphatic rings. The Bertz CT molecular complexity index is 1050. The van der Waals surface area contributed by atoms with Crippen LogP contribution in [0.2, 0.25) is 0 Å². The van der Waals surface area contributed by atoms with Crippen LogP contribution in [0.4, 0.5) is 5.95 Å². The van der Waals surface area contributed by atoms with E-state index in [0.717, 1.165) is 54.0 Å². The van der Waals surface area contributed by atoms with Crippen molar-refractivity contribution in [3.8, 4) is 17.0 Å². The number of anilines is 1. The van der Waals surface area contributed by atoms with Gasteiger partial charge in [-0.15, -0.1) is 0 Å². The van der Waals surface area contributed by atoms with Crippen molar-refractivity contribution in [2.75, 3.05) is 25.1 Å². The molecule has 2 aromatic heterocycles. The normalized spacial score (nSPS) is 22.2. The first kappa shape index (κ1) is 21.2. The van der Waals surface area contributed by atoms with Gasteiger partial charge in [0.05, 0.1) is 17.7 Å². The van der Waals surface area contributed by atoms with Gasteiger partial charge >= 0.3 is 0 Å². The molecule has 3 heterocycles. The van der Waals surface area contributed by atoms with Gasteiger partial charge in [-0.2, -0.15) is 10.1 Å². The maximum Gasteiger partial charge on any atom is 0.226 e. The molecule has 0 spiro atoms. The van der Waals surface area contributed by atoms with Crippen LogP contribution in [0.1, 0.15) is 45.4 Å². The van der Waals surface area contributed by atoms with Gasteiger partial charge in [-0.25, -0.2) is 4.98 Å². The molecule has 5 rings (SSSR count). The number of benzene rings is 1. The van der Waals surface area contributed by atoms with Crippen molar-refractivity contribution in [2.24, 2.45) is 18.9 Å². The average molecular weight is 436 g/mol. The maximum absolute atomic E-state index is 6.33. The lowest BCUT2D eigenvalue weighted by Gasteiger charge is -2.27. The first-order valence-corrected chi connectivity index (χ1v) is 11.9. The Hall–Kier alpha value is -2.67. The first-order valence-electron chi connectivity index (χ1n) is 11.9. The van der Waals surface area contributed by atoms with Crippen LogP contribution >= 0.6 is 0 Å². The summed E-state index contributed by atoms with van der Waals surface area (Å²) in [5.41, 5.74) is 2.95. The molecule has 1 aliphatic carbocycles. The Morgan fingerprint density at radius 3 is 2.75 bits per heavy atom. The zero-order chi connectivity index (χ0) is 21.9. The number of aryl methyl sites for hydroxylation is 1. The van der Waals surface area contributed by atoms with Crippen molar-refractivity contribution in [3.05, 3.63) is 30.6 Å². The average Bonchev–Trinajstić information content (AvgIpc) is 3.19. The Morgan fingerprint density at radius 2 is 1.94 bits per heavy atom. The molecular formula is C25H33N5O2. The van der Waals surface area contributed by atoms with Crippen molar-refractivity contribution >= 4 is 16.9 Å². The fraction of sp³-hybridized carbons (Fsp3) is 0.560. The fourth-order valence-corrected chi connectivity index (χ4v) is 4.76. The first-order chi connectivity index (χ1) is 15.6. The standard InChI is InChI=1S/C25H33N5O2/c1-17-3-6-21(7-4-17)27-25-26-14-22(19-5-8-23-20(13-19)15-30(2)29-23)24(28-25)32-16-18-9-11-31-12-10-18/h5,8,13-15,17-18,21H,3-4,6-7,9-12,16H2,1-2H3,(H,26,27,28). The van der Waals surface area contributed by atoms with Crippen LogP contribution in [0, 0.1) is 11.8 Å². The summed E-state index contributed by atoms with van der Waals surface area (Å²) in [5.74, 6) is 2.64. The van der Waals surface area contributed by atoms with E-state index in [1.54, 1.807) is 0 Å². The summed E-state index contributed by atoms with van der Waals surface area (Å²) in [6.45, 7) is 4.62. The molecule has 2 fully saturated rings. The van der Waals surface area contributed by atoms with Crippen molar-refractivity contribution in [3.63, 3.8) is 0 Å². The summed E-state index contributed by atoms with van der Waals surface area (Å²) >= 11 is 0. The summed E-state index contributed by atoms with van der Waals surface area (Å²) in [6, 6.07) is 6.69. The third kappa shape index (κ3) is 4.88. The molecule has 7 nitrogen and oxygen atoms in total. The van der Waals surface area contributed by atoms with Gasteiger partial charge in [0.15, 0.2) is 0 Å². The van der Waals surface area contributed by atoms with E-state index in [4.69, 9.17) is 14.5 Å². The highest BCUT2D eigenvalue weighted by Crippen LogP contribution is 2.32. The molecule has 1 saturated heterocycles. The molecule has 3 aromatic rings. The molecule has 0 amide bonds. The Morgan fingerprint density at radius 1 is 1.12 bits per heavy atom. The van der Waals surface area contributed by atoms with Crippen LogP contribution in [-0.2, 0) is 11.8 Å². The number of fused-ring (bicyclic) bond motifs is 1. The molecule has 1 N–H and O–H groups in total. The van der Waals surface area contributed by atoms with Crippen LogP contribution in [0.15, 0.2) is 30.6 Å². The van der Waals surface area contributed by atoms with Gasteiger partial charge in [-0.3, -0.25) is 4.68 Å². The Labute approximate surface area is 189 Å². The molecule has 32 heavy (non-hydrogen) atoms. The van der Waals surface area contributed by atoms with Gasteiger partial charge < -0.3 is 14.8 Å². The number of hydrogen-bond acceptors (Lipinski definition) is 6. The molecular weight excluding hydrogens is 402 g/mol. The lowest BCUT2D eigenvalue weighted by atomic mass is 9.87. The largest absolute Gasteiger partial charge is 0.477 e. The highest BCUT2D eigenvalue weighted by molar-refractivity contribution is 5.85. The quantitative estimate of drug-likeness (QED) is 0.598. The molecule has 0 bridgehead atoms.